The van der Waals surface area contributed by atoms with Gasteiger partial charge in [-0.05, 0) is 24.1 Å². The maximum Gasteiger partial charge on any atom is 0.319 e. The molecule has 0 bridgehead atoms. The van der Waals surface area contributed by atoms with Gasteiger partial charge >= 0.3 is 5.97 Å². The first-order valence-corrected chi connectivity index (χ1v) is 8.75. The quantitative estimate of drug-likeness (QED) is 0.625. The van der Waals surface area contributed by atoms with Gasteiger partial charge in [0.1, 0.15) is 5.25 Å². The summed E-state index contributed by atoms with van der Waals surface area (Å²) in [6, 6.07) is 5.06. The molecule has 3 rings (SSSR count). The molecule has 1 aliphatic rings. The highest BCUT2D eigenvalue weighted by Gasteiger charge is 2.29. The number of hydrogen-bond donors (Lipinski definition) is 0. The summed E-state index contributed by atoms with van der Waals surface area (Å²) in [5.41, 5.74) is 0.450. The summed E-state index contributed by atoms with van der Waals surface area (Å²) in [5.74, 6) is 0.0423. The molecule has 23 heavy (non-hydrogen) atoms. The average molecular weight is 353 g/mol. The van der Waals surface area contributed by atoms with Crippen molar-refractivity contribution in [3.63, 3.8) is 0 Å². The van der Waals surface area contributed by atoms with Gasteiger partial charge in [0.2, 0.25) is 0 Å². The molecule has 0 N–H and O–H groups in total. The van der Waals surface area contributed by atoms with Crippen molar-refractivity contribution >= 4 is 40.2 Å². The molecule has 2 aromatic rings. The Labute approximate surface area is 143 Å². The molecule has 0 radical (unpaired) electrons. The lowest BCUT2D eigenvalue weighted by atomic mass is 10.2. The van der Waals surface area contributed by atoms with Gasteiger partial charge in [0.05, 0.1) is 17.5 Å². The van der Waals surface area contributed by atoms with Gasteiger partial charge in [-0.1, -0.05) is 37.2 Å². The van der Waals surface area contributed by atoms with Crippen LogP contribution in [0.5, 0.6) is 0 Å². The first-order chi connectivity index (χ1) is 11.0. The second kappa shape index (κ2) is 6.53. The predicted octanol–water partition coefficient (Wildman–Crippen LogP) is 3.11. The van der Waals surface area contributed by atoms with Gasteiger partial charge in [0.25, 0.3) is 5.56 Å². The van der Waals surface area contributed by atoms with Crippen LogP contribution in [0.2, 0.25) is 5.02 Å². The van der Waals surface area contributed by atoms with Crippen LogP contribution in [0.25, 0.3) is 10.9 Å². The maximum atomic E-state index is 12.8. The summed E-state index contributed by atoms with van der Waals surface area (Å²) >= 11 is 7.31. The Morgan fingerprint density at radius 3 is 2.87 bits per heavy atom. The van der Waals surface area contributed by atoms with Gasteiger partial charge < -0.3 is 4.74 Å². The highest BCUT2D eigenvalue weighted by molar-refractivity contribution is 8.00. The summed E-state index contributed by atoms with van der Waals surface area (Å²) < 4.78 is 6.65. The molecule has 0 spiro atoms. The van der Waals surface area contributed by atoms with Crippen LogP contribution in [0.1, 0.15) is 20.3 Å². The van der Waals surface area contributed by atoms with Gasteiger partial charge in [-0.2, -0.15) is 0 Å². The molecule has 0 saturated carbocycles. The minimum absolute atomic E-state index is 0.103. The van der Waals surface area contributed by atoms with Crippen LogP contribution in [-0.2, 0) is 16.1 Å². The van der Waals surface area contributed by atoms with Crippen LogP contribution < -0.4 is 5.56 Å². The summed E-state index contributed by atoms with van der Waals surface area (Å²) in [6.07, 6.45) is 0.634. The number of carbonyl (C=O) groups is 1. The number of rotatable bonds is 4. The number of cyclic esters (lactones) is 1. The highest BCUT2D eigenvalue weighted by Crippen LogP contribution is 2.29. The Morgan fingerprint density at radius 1 is 1.43 bits per heavy atom. The zero-order valence-corrected chi connectivity index (χ0v) is 14.5. The SMILES string of the molecule is CC(C)Cn1c(S[C@H]2CCOC2=O)nc2cc(Cl)ccc2c1=O. The van der Waals surface area contributed by atoms with Crippen LogP contribution in [0.15, 0.2) is 28.2 Å². The van der Waals surface area contributed by atoms with Crippen molar-refractivity contribution in [2.45, 2.75) is 37.2 Å². The molecule has 0 aliphatic carbocycles. The third-order valence-corrected chi connectivity index (χ3v) is 5.04. The van der Waals surface area contributed by atoms with E-state index >= 15 is 0 Å². The largest absolute Gasteiger partial charge is 0.465 e. The summed E-state index contributed by atoms with van der Waals surface area (Å²) in [6.45, 7) is 5.05. The number of carbonyl (C=O) groups excluding carboxylic acids is 1. The molecular formula is C16H17ClN2O3S. The molecule has 7 heteroatoms. The van der Waals surface area contributed by atoms with E-state index in [1.807, 2.05) is 13.8 Å². The van der Waals surface area contributed by atoms with Crippen molar-refractivity contribution in [1.82, 2.24) is 9.55 Å². The summed E-state index contributed by atoms with van der Waals surface area (Å²) in [7, 11) is 0. The lowest BCUT2D eigenvalue weighted by molar-refractivity contribution is -0.137. The standard InChI is InChI=1S/C16H17ClN2O3S/c1-9(2)8-19-14(20)11-4-3-10(17)7-12(11)18-16(19)23-13-5-6-22-15(13)21/h3-4,7,9,13H,5-6,8H2,1-2H3/t13-/m0/s1. The molecule has 122 valence electrons. The van der Waals surface area contributed by atoms with Crippen LogP contribution in [0.4, 0.5) is 0 Å². The minimum Gasteiger partial charge on any atom is -0.465 e. The smallest absolute Gasteiger partial charge is 0.319 e. The molecule has 1 aromatic heterocycles. The average Bonchev–Trinajstić information content (AvgIpc) is 2.88. The number of aromatic nitrogens is 2. The Kier molecular flexibility index (Phi) is 4.64. The molecule has 1 fully saturated rings. The van der Waals surface area contributed by atoms with Crippen molar-refractivity contribution in [3.8, 4) is 0 Å². The minimum atomic E-state index is -0.308. The molecule has 0 amide bonds. The normalized spacial score (nSPS) is 17.9. The fourth-order valence-corrected chi connectivity index (χ4v) is 3.74. The van der Waals surface area contributed by atoms with Crippen LogP contribution in [-0.4, -0.2) is 27.4 Å². The van der Waals surface area contributed by atoms with Crippen molar-refractivity contribution in [3.05, 3.63) is 33.6 Å². The van der Waals surface area contributed by atoms with Crippen LogP contribution in [0.3, 0.4) is 0 Å². The van der Waals surface area contributed by atoms with E-state index in [0.29, 0.717) is 40.7 Å². The van der Waals surface area contributed by atoms with Gasteiger partial charge in [-0.15, -0.1) is 0 Å². The molecule has 1 atom stereocenters. The third-order valence-electron chi connectivity index (χ3n) is 3.56. The van der Waals surface area contributed by atoms with Gasteiger partial charge in [-0.3, -0.25) is 14.2 Å². The fourth-order valence-electron chi connectivity index (χ4n) is 2.50. The third kappa shape index (κ3) is 3.38. The summed E-state index contributed by atoms with van der Waals surface area (Å²) in [5, 5.41) is 1.30. The first kappa shape index (κ1) is 16.3. The second-order valence-electron chi connectivity index (χ2n) is 5.93. The second-order valence-corrected chi connectivity index (χ2v) is 7.53. The van der Waals surface area contributed by atoms with E-state index in [9.17, 15) is 9.59 Å². The molecule has 1 saturated heterocycles. The van der Waals surface area contributed by atoms with E-state index in [4.69, 9.17) is 16.3 Å². The molecule has 5 nitrogen and oxygen atoms in total. The Hall–Kier alpha value is -1.53. The predicted molar refractivity (Wildman–Crippen MR) is 91.1 cm³/mol. The van der Waals surface area contributed by atoms with E-state index in [0.717, 1.165) is 0 Å². The van der Waals surface area contributed by atoms with Crippen molar-refractivity contribution in [2.75, 3.05) is 6.61 Å². The van der Waals surface area contributed by atoms with E-state index in [1.165, 1.54) is 11.8 Å². The van der Waals surface area contributed by atoms with Crippen molar-refractivity contribution in [1.29, 1.82) is 0 Å². The Balaban J connectivity index is 2.12. The molecular weight excluding hydrogens is 336 g/mol. The maximum absolute atomic E-state index is 12.8. The van der Waals surface area contributed by atoms with Crippen molar-refractivity contribution in [2.24, 2.45) is 5.92 Å². The number of ether oxygens (including phenoxy) is 1. The lowest BCUT2D eigenvalue weighted by Gasteiger charge is -2.16. The van der Waals surface area contributed by atoms with Crippen molar-refractivity contribution < 1.29 is 9.53 Å². The lowest BCUT2D eigenvalue weighted by Crippen LogP contribution is -2.26. The molecule has 1 aromatic carbocycles. The summed E-state index contributed by atoms with van der Waals surface area (Å²) in [4.78, 5) is 29.1. The number of thioether (sulfide) groups is 1. The fraction of sp³-hybridized carbons (Fsp3) is 0.438. The zero-order chi connectivity index (χ0) is 16.6. The molecule has 0 unspecified atom stereocenters. The van der Waals surface area contributed by atoms with Crippen LogP contribution >= 0.6 is 23.4 Å². The van der Waals surface area contributed by atoms with E-state index in [-0.39, 0.29) is 22.7 Å². The van der Waals surface area contributed by atoms with E-state index < -0.39 is 0 Å². The molecule has 2 heterocycles. The number of benzene rings is 1. The molecule has 1 aliphatic heterocycles. The van der Waals surface area contributed by atoms with Crippen LogP contribution in [0, 0.1) is 5.92 Å². The first-order valence-electron chi connectivity index (χ1n) is 7.49. The topological polar surface area (TPSA) is 61.2 Å². The Morgan fingerprint density at radius 2 is 2.22 bits per heavy atom. The number of esters is 1. The van der Waals surface area contributed by atoms with Gasteiger partial charge in [0, 0.05) is 18.0 Å². The number of nitrogens with zero attached hydrogens (tertiary/aromatic N) is 2. The van der Waals surface area contributed by atoms with Gasteiger partial charge in [0.15, 0.2) is 5.16 Å². The number of halogens is 1. The number of fused-ring (bicyclic) bond motifs is 1. The Bertz CT molecular complexity index is 819. The monoisotopic (exact) mass is 352 g/mol. The highest BCUT2D eigenvalue weighted by atomic mass is 35.5. The number of hydrogen-bond acceptors (Lipinski definition) is 5. The zero-order valence-electron chi connectivity index (χ0n) is 12.9. The van der Waals surface area contributed by atoms with E-state index in [1.54, 1.807) is 22.8 Å². The van der Waals surface area contributed by atoms with Gasteiger partial charge in [-0.25, -0.2) is 4.98 Å². The van der Waals surface area contributed by atoms with E-state index in [2.05, 4.69) is 4.98 Å².